The lowest BCUT2D eigenvalue weighted by Gasteiger charge is -2.36. The molecule has 5 rings (SSSR count). The number of ether oxygens (including phenoxy) is 1. The maximum Gasteiger partial charge on any atom is 0.193 e. The highest BCUT2D eigenvalue weighted by Gasteiger charge is 2.42. The molecule has 1 aliphatic rings. The molecule has 0 saturated carbocycles. The molecular formula is C26H20O3. The summed E-state index contributed by atoms with van der Waals surface area (Å²) in [7, 11) is 1.66. The molecule has 0 spiro atoms. The molecule has 0 heterocycles. The van der Waals surface area contributed by atoms with E-state index in [-0.39, 0.29) is 5.78 Å². The highest BCUT2D eigenvalue weighted by molar-refractivity contribution is 6.13. The van der Waals surface area contributed by atoms with Crippen molar-refractivity contribution in [2.45, 2.75) is 12.0 Å². The van der Waals surface area contributed by atoms with E-state index in [2.05, 4.69) is 0 Å². The van der Waals surface area contributed by atoms with Gasteiger partial charge in [-0.3, -0.25) is 4.79 Å². The van der Waals surface area contributed by atoms with Crippen LogP contribution in [0.4, 0.5) is 0 Å². The van der Waals surface area contributed by atoms with E-state index in [0.717, 1.165) is 22.1 Å². The Morgan fingerprint density at radius 2 is 1.31 bits per heavy atom. The number of methoxy groups -OCH3 is 1. The Morgan fingerprint density at radius 3 is 1.93 bits per heavy atom. The second-order valence-electron chi connectivity index (χ2n) is 7.43. The van der Waals surface area contributed by atoms with Gasteiger partial charge in [-0.15, -0.1) is 0 Å². The maximum atomic E-state index is 13.0. The van der Waals surface area contributed by atoms with Crippen molar-refractivity contribution in [3.63, 3.8) is 0 Å². The molecule has 0 aliphatic heterocycles. The van der Waals surface area contributed by atoms with Gasteiger partial charge in [0.05, 0.1) is 7.11 Å². The van der Waals surface area contributed by atoms with Gasteiger partial charge >= 0.3 is 0 Å². The van der Waals surface area contributed by atoms with E-state index in [0.29, 0.717) is 28.7 Å². The molecule has 1 N–H and O–H groups in total. The van der Waals surface area contributed by atoms with Crippen molar-refractivity contribution in [3.8, 4) is 5.75 Å². The van der Waals surface area contributed by atoms with Gasteiger partial charge in [0.2, 0.25) is 0 Å². The third-order valence-corrected chi connectivity index (χ3v) is 5.88. The van der Waals surface area contributed by atoms with E-state index < -0.39 is 5.60 Å². The fourth-order valence-electron chi connectivity index (χ4n) is 4.51. The van der Waals surface area contributed by atoms with E-state index in [1.807, 2.05) is 72.8 Å². The summed E-state index contributed by atoms with van der Waals surface area (Å²) < 4.78 is 5.52. The summed E-state index contributed by atoms with van der Waals surface area (Å²) in [6.45, 7) is 0. The molecule has 4 aromatic rings. The average Bonchev–Trinajstić information content (AvgIpc) is 2.78. The second kappa shape index (κ2) is 6.57. The van der Waals surface area contributed by atoms with E-state index in [9.17, 15) is 9.90 Å². The number of aliphatic hydroxyl groups is 1. The molecule has 0 unspecified atom stereocenters. The lowest BCUT2D eigenvalue weighted by atomic mass is 9.71. The Morgan fingerprint density at radius 1 is 0.759 bits per heavy atom. The van der Waals surface area contributed by atoms with Gasteiger partial charge in [0, 0.05) is 22.9 Å². The van der Waals surface area contributed by atoms with Crippen molar-refractivity contribution < 1.29 is 14.6 Å². The van der Waals surface area contributed by atoms with E-state index in [1.165, 1.54) is 0 Å². The Labute approximate surface area is 169 Å². The third kappa shape index (κ3) is 2.59. The summed E-state index contributed by atoms with van der Waals surface area (Å²) >= 11 is 0. The Balaban J connectivity index is 1.75. The van der Waals surface area contributed by atoms with Crippen LogP contribution in [0.3, 0.4) is 0 Å². The van der Waals surface area contributed by atoms with Gasteiger partial charge < -0.3 is 9.84 Å². The van der Waals surface area contributed by atoms with Crippen molar-refractivity contribution in [3.05, 3.63) is 113 Å². The highest BCUT2D eigenvalue weighted by Crippen LogP contribution is 2.43. The molecule has 142 valence electrons. The number of benzene rings is 4. The van der Waals surface area contributed by atoms with Gasteiger partial charge in [0.1, 0.15) is 11.4 Å². The van der Waals surface area contributed by atoms with Crippen molar-refractivity contribution in [1.29, 1.82) is 0 Å². The smallest absolute Gasteiger partial charge is 0.193 e. The fraction of sp³-hybridized carbons (Fsp3) is 0.115. The van der Waals surface area contributed by atoms with Crippen LogP contribution in [0.5, 0.6) is 5.75 Å². The maximum absolute atomic E-state index is 13.0. The summed E-state index contributed by atoms with van der Waals surface area (Å²) in [6, 6.07) is 26.7. The van der Waals surface area contributed by atoms with Crippen LogP contribution in [0.15, 0.2) is 84.9 Å². The fourth-order valence-corrected chi connectivity index (χ4v) is 4.51. The van der Waals surface area contributed by atoms with E-state index >= 15 is 0 Å². The number of rotatable bonds is 3. The van der Waals surface area contributed by atoms with Crippen molar-refractivity contribution in [2.24, 2.45) is 0 Å². The monoisotopic (exact) mass is 380 g/mol. The number of carbonyl (C=O) groups excluding carboxylic acids is 1. The first-order valence-electron chi connectivity index (χ1n) is 9.64. The quantitative estimate of drug-likeness (QED) is 0.551. The minimum Gasteiger partial charge on any atom is -0.496 e. The first-order chi connectivity index (χ1) is 14.1. The van der Waals surface area contributed by atoms with E-state index in [1.54, 1.807) is 19.2 Å². The van der Waals surface area contributed by atoms with Gasteiger partial charge in [-0.2, -0.15) is 0 Å². The van der Waals surface area contributed by atoms with Crippen molar-refractivity contribution in [2.75, 3.05) is 7.11 Å². The topological polar surface area (TPSA) is 46.5 Å². The van der Waals surface area contributed by atoms with Crippen LogP contribution in [-0.4, -0.2) is 18.0 Å². The molecule has 0 saturated heterocycles. The molecular weight excluding hydrogens is 360 g/mol. The Bertz CT molecular complexity index is 1210. The molecule has 0 fully saturated rings. The number of ketones is 1. The minimum absolute atomic E-state index is 0.0412. The zero-order chi connectivity index (χ0) is 20.0. The van der Waals surface area contributed by atoms with Crippen LogP contribution in [0.1, 0.15) is 32.6 Å². The third-order valence-electron chi connectivity index (χ3n) is 5.88. The predicted molar refractivity (Wildman–Crippen MR) is 114 cm³/mol. The second-order valence-corrected chi connectivity index (χ2v) is 7.43. The predicted octanol–water partition coefficient (Wildman–Crippen LogP) is 4.87. The summed E-state index contributed by atoms with van der Waals surface area (Å²) in [5.74, 6) is 0.761. The highest BCUT2D eigenvalue weighted by atomic mass is 16.5. The largest absolute Gasteiger partial charge is 0.496 e. The average molecular weight is 380 g/mol. The van der Waals surface area contributed by atoms with Gasteiger partial charge in [-0.05, 0) is 28.1 Å². The summed E-state index contributed by atoms with van der Waals surface area (Å²) in [5.41, 5.74) is 2.14. The van der Waals surface area contributed by atoms with Gasteiger partial charge in [0.25, 0.3) is 0 Å². The molecule has 1 aliphatic carbocycles. The lowest BCUT2D eigenvalue weighted by molar-refractivity contribution is 0.0723. The number of carbonyl (C=O) groups is 1. The van der Waals surface area contributed by atoms with Crippen molar-refractivity contribution >= 4 is 16.6 Å². The Kier molecular flexibility index (Phi) is 4.00. The lowest BCUT2D eigenvalue weighted by Crippen LogP contribution is -2.37. The summed E-state index contributed by atoms with van der Waals surface area (Å²) in [5, 5.41) is 14.1. The molecule has 0 aromatic heterocycles. The minimum atomic E-state index is -1.29. The number of fused-ring (bicyclic) bond motifs is 3. The number of hydrogen-bond acceptors (Lipinski definition) is 3. The molecule has 3 nitrogen and oxygen atoms in total. The Hall–Kier alpha value is -3.43. The first kappa shape index (κ1) is 17.7. The molecule has 0 atom stereocenters. The SMILES string of the molecule is COc1ccc(CC2(O)c3ccccc3C(=O)c3ccccc32)c2ccccc12. The van der Waals surface area contributed by atoms with Crippen LogP contribution in [-0.2, 0) is 12.0 Å². The molecule has 0 bridgehead atoms. The van der Waals surface area contributed by atoms with Crippen LogP contribution in [0.2, 0.25) is 0 Å². The van der Waals surface area contributed by atoms with Crippen molar-refractivity contribution in [1.82, 2.24) is 0 Å². The van der Waals surface area contributed by atoms with Crippen LogP contribution >= 0.6 is 0 Å². The molecule has 3 heteroatoms. The number of hydrogen-bond donors (Lipinski definition) is 1. The van der Waals surface area contributed by atoms with Gasteiger partial charge in [-0.25, -0.2) is 0 Å². The molecule has 4 aromatic carbocycles. The zero-order valence-corrected chi connectivity index (χ0v) is 16.1. The molecule has 29 heavy (non-hydrogen) atoms. The van der Waals surface area contributed by atoms with Gasteiger partial charge in [0.15, 0.2) is 5.78 Å². The van der Waals surface area contributed by atoms with Crippen LogP contribution in [0.25, 0.3) is 10.8 Å². The zero-order valence-electron chi connectivity index (χ0n) is 16.1. The first-order valence-corrected chi connectivity index (χ1v) is 9.64. The van der Waals surface area contributed by atoms with Crippen LogP contribution in [0, 0.1) is 0 Å². The summed E-state index contributed by atoms with van der Waals surface area (Å²) in [6.07, 6.45) is 0.360. The van der Waals surface area contributed by atoms with E-state index in [4.69, 9.17) is 4.74 Å². The van der Waals surface area contributed by atoms with Gasteiger partial charge in [-0.1, -0.05) is 78.9 Å². The summed E-state index contributed by atoms with van der Waals surface area (Å²) in [4.78, 5) is 13.0. The molecule has 0 amide bonds. The standard InChI is InChI=1S/C26H20O3/c1-29-24-15-14-17(18-8-2-3-9-19(18)24)16-26(28)22-12-6-4-10-20(22)25(27)21-11-5-7-13-23(21)26/h2-15,28H,16H2,1H3. The van der Waals surface area contributed by atoms with Crippen LogP contribution < -0.4 is 4.74 Å². The molecule has 0 radical (unpaired) electrons. The normalized spacial score (nSPS) is 14.3.